The van der Waals surface area contributed by atoms with Gasteiger partial charge in [-0.2, -0.15) is 0 Å². The number of hydrogen-bond acceptors (Lipinski definition) is 7. The summed E-state index contributed by atoms with van der Waals surface area (Å²) in [6.07, 6.45) is 7.18. The summed E-state index contributed by atoms with van der Waals surface area (Å²) in [6, 6.07) is 3.65. The molecule has 3 heterocycles. The molecule has 1 N–H and O–H groups in total. The number of nitrogens with zero attached hydrogens (tertiary/aromatic N) is 3. The van der Waals surface area contributed by atoms with Crippen molar-refractivity contribution in [3.8, 4) is 0 Å². The zero-order valence-electron chi connectivity index (χ0n) is 13.9. The zero-order chi connectivity index (χ0) is 17.6. The molecule has 0 unspecified atom stereocenters. The van der Waals surface area contributed by atoms with Crippen LogP contribution in [0.5, 0.6) is 0 Å². The fourth-order valence-electron chi connectivity index (χ4n) is 2.02. The Morgan fingerprint density at radius 3 is 2.80 bits per heavy atom. The third-order valence-electron chi connectivity index (χ3n) is 3.32. The van der Waals surface area contributed by atoms with Gasteiger partial charge in [0.25, 0.3) is 0 Å². The Bertz CT molecular complexity index is 830. The van der Waals surface area contributed by atoms with Crippen molar-refractivity contribution in [2.75, 3.05) is 5.32 Å². The number of hydrogen-bond donors (Lipinski definition) is 1. The number of anilines is 1. The summed E-state index contributed by atoms with van der Waals surface area (Å²) >= 11 is 3.03. The van der Waals surface area contributed by atoms with Gasteiger partial charge < -0.3 is 9.73 Å². The van der Waals surface area contributed by atoms with Crippen LogP contribution < -0.4 is 5.32 Å². The van der Waals surface area contributed by atoms with Crippen LogP contribution in [0, 0.1) is 0 Å². The highest BCUT2D eigenvalue weighted by atomic mass is 32.2. The molecule has 3 rings (SSSR count). The predicted octanol–water partition coefficient (Wildman–Crippen LogP) is 4.12. The van der Waals surface area contributed by atoms with Crippen molar-refractivity contribution in [3.05, 3.63) is 54.1 Å². The van der Waals surface area contributed by atoms with Gasteiger partial charge in [0.1, 0.15) is 5.76 Å². The number of pyridine rings is 1. The van der Waals surface area contributed by atoms with Crippen LogP contribution in [-0.2, 0) is 17.0 Å². The maximum absolute atomic E-state index is 12.0. The van der Waals surface area contributed by atoms with E-state index in [0.717, 1.165) is 15.5 Å². The third-order valence-corrected chi connectivity index (χ3v) is 5.42. The molecule has 0 radical (unpaired) electrons. The number of amides is 1. The fourth-order valence-corrected chi connectivity index (χ4v) is 3.77. The van der Waals surface area contributed by atoms with Gasteiger partial charge in [-0.3, -0.25) is 9.78 Å². The first-order valence-electron chi connectivity index (χ1n) is 7.82. The average Bonchev–Trinajstić information content (AvgIpc) is 3.23. The number of carbonyl (C=O) groups is 1. The Balaban J connectivity index is 1.50. The van der Waals surface area contributed by atoms with Gasteiger partial charge in [-0.15, -0.1) is 11.8 Å². The van der Waals surface area contributed by atoms with Gasteiger partial charge in [0.2, 0.25) is 11.8 Å². The standard InChI is InChI=1S/C17H18N4O2S2/c1-11(2)13-8-19-15(23-13)10-24-16-9-20-17(25-16)21-14(22)7-12-3-5-18-6-4-12/h3-6,8-9,11H,7,10H2,1-2H3,(H,20,21,22). The maximum atomic E-state index is 12.0. The van der Waals surface area contributed by atoms with Crippen molar-refractivity contribution >= 4 is 34.1 Å². The molecule has 0 atom stereocenters. The Morgan fingerprint density at radius 1 is 1.28 bits per heavy atom. The molecule has 0 spiro atoms. The summed E-state index contributed by atoms with van der Waals surface area (Å²) in [6.45, 7) is 4.14. The molecule has 0 fully saturated rings. The normalized spacial score (nSPS) is 11.0. The minimum atomic E-state index is -0.0913. The summed E-state index contributed by atoms with van der Waals surface area (Å²) in [5, 5.41) is 3.42. The molecule has 6 nitrogen and oxygen atoms in total. The summed E-state index contributed by atoms with van der Waals surface area (Å²) in [5.74, 6) is 2.47. The first kappa shape index (κ1) is 17.6. The van der Waals surface area contributed by atoms with Gasteiger partial charge in [-0.25, -0.2) is 9.97 Å². The van der Waals surface area contributed by atoms with Crippen LogP contribution in [-0.4, -0.2) is 20.9 Å². The van der Waals surface area contributed by atoms with E-state index in [2.05, 4.69) is 34.1 Å². The molecule has 0 aliphatic carbocycles. The predicted molar refractivity (Wildman–Crippen MR) is 98.8 cm³/mol. The lowest BCUT2D eigenvalue weighted by Gasteiger charge is -2.01. The van der Waals surface area contributed by atoms with Crippen molar-refractivity contribution in [1.29, 1.82) is 0 Å². The molecule has 0 bridgehead atoms. The molecule has 3 aromatic heterocycles. The summed E-state index contributed by atoms with van der Waals surface area (Å²) in [5.41, 5.74) is 0.920. The van der Waals surface area contributed by atoms with E-state index in [1.807, 2.05) is 12.1 Å². The SMILES string of the molecule is CC(C)c1cnc(CSc2cnc(NC(=O)Cc3ccncc3)s2)o1. The van der Waals surface area contributed by atoms with Crippen LogP contribution in [0.4, 0.5) is 5.13 Å². The van der Waals surface area contributed by atoms with Crippen LogP contribution >= 0.6 is 23.1 Å². The van der Waals surface area contributed by atoms with Crippen molar-refractivity contribution < 1.29 is 9.21 Å². The molecule has 1 amide bonds. The van der Waals surface area contributed by atoms with E-state index in [9.17, 15) is 4.79 Å². The van der Waals surface area contributed by atoms with Gasteiger partial charge in [-0.05, 0) is 17.7 Å². The van der Waals surface area contributed by atoms with Gasteiger partial charge >= 0.3 is 0 Å². The van der Waals surface area contributed by atoms with Crippen LogP contribution in [0.1, 0.15) is 37.0 Å². The number of carbonyl (C=O) groups excluding carboxylic acids is 1. The lowest BCUT2D eigenvalue weighted by molar-refractivity contribution is -0.115. The van der Waals surface area contributed by atoms with E-state index in [0.29, 0.717) is 29.1 Å². The van der Waals surface area contributed by atoms with E-state index in [-0.39, 0.29) is 5.91 Å². The second kappa shape index (κ2) is 8.26. The molecule has 25 heavy (non-hydrogen) atoms. The topological polar surface area (TPSA) is 80.9 Å². The van der Waals surface area contributed by atoms with Crippen LogP contribution in [0.3, 0.4) is 0 Å². The van der Waals surface area contributed by atoms with Crippen LogP contribution in [0.15, 0.2) is 45.5 Å². The summed E-state index contributed by atoms with van der Waals surface area (Å²) in [4.78, 5) is 24.5. The molecule has 0 aliphatic rings. The van der Waals surface area contributed by atoms with Crippen molar-refractivity contribution in [2.24, 2.45) is 0 Å². The molecular weight excluding hydrogens is 356 g/mol. The van der Waals surface area contributed by atoms with Gasteiger partial charge in [0.15, 0.2) is 5.13 Å². The molecule has 3 aromatic rings. The Morgan fingerprint density at radius 2 is 2.08 bits per heavy atom. The zero-order valence-corrected chi connectivity index (χ0v) is 15.6. The average molecular weight is 374 g/mol. The number of thioether (sulfide) groups is 1. The number of aromatic nitrogens is 3. The monoisotopic (exact) mass is 374 g/mol. The number of rotatable bonds is 7. The molecule has 0 saturated carbocycles. The van der Waals surface area contributed by atoms with Crippen molar-refractivity contribution in [2.45, 2.75) is 36.1 Å². The summed E-state index contributed by atoms with van der Waals surface area (Å²) < 4.78 is 6.69. The van der Waals surface area contributed by atoms with E-state index >= 15 is 0 Å². The van der Waals surface area contributed by atoms with E-state index in [1.54, 1.807) is 36.5 Å². The van der Waals surface area contributed by atoms with Crippen molar-refractivity contribution in [1.82, 2.24) is 15.0 Å². The maximum Gasteiger partial charge on any atom is 0.230 e. The fraction of sp³-hybridized carbons (Fsp3) is 0.294. The highest BCUT2D eigenvalue weighted by Gasteiger charge is 2.11. The molecule has 0 aliphatic heterocycles. The number of nitrogens with one attached hydrogen (secondary N) is 1. The third kappa shape index (κ3) is 5.14. The smallest absolute Gasteiger partial charge is 0.230 e. The minimum absolute atomic E-state index is 0.0913. The lowest BCUT2D eigenvalue weighted by Crippen LogP contribution is -2.14. The second-order valence-electron chi connectivity index (χ2n) is 5.66. The van der Waals surface area contributed by atoms with E-state index in [1.165, 1.54) is 11.3 Å². The highest BCUT2D eigenvalue weighted by Crippen LogP contribution is 2.31. The summed E-state index contributed by atoms with van der Waals surface area (Å²) in [7, 11) is 0. The number of oxazole rings is 1. The molecule has 0 aromatic carbocycles. The molecular formula is C17H18N4O2S2. The first-order chi connectivity index (χ1) is 12.1. The molecule has 8 heteroatoms. The van der Waals surface area contributed by atoms with E-state index in [4.69, 9.17) is 4.42 Å². The quantitative estimate of drug-likeness (QED) is 0.627. The number of thiazole rings is 1. The molecule has 130 valence electrons. The Hall–Kier alpha value is -2.19. The molecule has 0 saturated heterocycles. The van der Waals surface area contributed by atoms with E-state index < -0.39 is 0 Å². The minimum Gasteiger partial charge on any atom is -0.445 e. The Labute approximate surface area is 154 Å². The highest BCUT2D eigenvalue weighted by molar-refractivity contribution is 8.00. The van der Waals surface area contributed by atoms with Gasteiger partial charge in [0, 0.05) is 18.3 Å². The Kier molecular flexibility index (Phi) is 5.83. The van der Waals surface area contributed by atoms with Crippen LogP contribution in [0.2, 0.25) is 0 Å². The van der Waals surface area contributed by atoms with Gasteiger partial charge in [0.05, 0.1) is 28.8 Å². The first-order valence-corrected chi connectivity index (χ1v) is 9.62. The van der Waals surface area contributed by atoms with Crippen molar-refractivity contribution in [3.63, 3.8) is 0 Å². The second-order valence-corrected chi connectivity index (χ2v) is 7.97. The largest absolute Gasteiger partial charge is 0.445 e. The van der Waals surface area contributed by atoms with Gasteiger partial charge in [-0.1, -0.05) is 25.2 Å². The lowest BCUT2D eigenvalue weighted by atomic mass is 10.2. The van der Waals surface area contributed by atoms with Crippen LogP contribution in [0.25, 0.3) is 0 Å².